The van der Waals surface area contributed by atoms with Gasteiger partial charge in [0.2, 0.25) is 10.0 Å². The molecular weight excluding hydrogens is 330 g/mol. The number of rotatable bonds is 3. The van der Waals surface area contributed by atoms with E-state index in [2.05, 4.69) is 25.1 Å². The zero-order valence-electron chi connectivity index (χ0n) is 14.7. The van der Waals surface area contributed by atoms with Crippen LogP contribution in [-0.4, -0.2) is 19.3 Å². The largest absolute Gasteiger partial charge is 0.243 e. The van der Waals surface area contributed by atoms with Gasteiger partial charge in [0, 0.05) is 6.54 Å². The minimum absolute atomic E-state index is 0.0408. The first-order valence-electron chi connectivity index (χ1n) is 9.26. The minimum Gasteiger partial charge on any atom is -0.207 e. The summed E-state index contributed by atoms with van der Waals surface area (Å²) in [6, 6.07) is 14.0. The fraction of sp³-hybridized carbons (Fsp3) is 0.429. The van der Waals surface area contributed by atoms with Crippen LogP contribution in [0.2, 0.25) is 0 Å². The van der Waals surface area contributed by atoms with Gasteiger partial charge < -0.3 is 0 Å². The monoisotopic (exact) mass is 355 g/mol. The normalized spacial score (nSPS) is 21.2. The molecule has 0 radical (unpaired) electrons. The van der Waals surface area contributed by atoms with Crippen molar-refractivity contribution in [2.45, 2.75) is 56.4 Å². The van der Waals surface area contributed by atoms with Crippen LogP contribution in [0.5, 0.6) is 0 Å². The van der Waals surface area contributed by atoms with Gasteiger partial charge in [0.1, 0.15) is 0 Å². The Labute approximate surface area is 150 Å². The van der Waals surface area contributed by atoms with Crippen LogP contribution >= 0.6 is 0 Å². The van der Waals surface area contributed by atoms with Gasteiger partial charge in [0.15, 0.2) is 0 Å². The number of benzene rings is 2. The first-order chi connectivity index (χ1) is 12.1. The van der Waals surface area contributed by atoms with Crippen LogP contribution < -0.4 is 0 Å². The Bertz CT molecular complexity index is 889. The Morgan fingerprint density at radius 3 is 2.56 bits per heavy atom. The molecule has 2 aliphatic rings. The lowest BCUT2D eigenvalue weighted by atomic mass is 9.92. The van der Waals surface area contributed by atoms with Crippen LogP contribution in [0.3, 0.4) is 0 Å². The molecule has 3 nitrogen and oxygen atoms in total. The van der Waals surface area contributed by atoms with Crippen LogP contribution in [-0.2, 0) is 22.9 Å². The van der Waals surface area contributed by atoms with E-state index in [1.54, 1.807) is 4.31 Å². The van der Waals surface area contributed by atoms with Gasteiger partial charge in [0.25, 0.3) is 0 Å². The Morgan fingerprint density at radius 2 is 1.76 bits per heavy atom. The highest BCUT2D eigenvalue weighted by molar-refractivity contribution is 7.89. The molecule has 0 N–H and O–H groups in total. The zero-order valence-corrected chi connectivity index (χ0v) is 15.6. The quantitative estimate of drug-likeness (QED) is 0.818. The molecule has 0 spiro atoms. The van der Waals surface area contributed by atoms with Gasteiger partial charge in [-0.3, -0.25) is 0 Å². The molecule has 1 aliphatic carbocycles. The smallest absolute Gasteiger partial charge is 0.207 e. The highest BCUT2D eigenvalue weighted by Crippen LogP contribution is 2.37. The fourth-order valence-corrected chi connectivity index (χ4v) is 5.98. The summed E-state index contributed by atoms with van der Waals surface area (Å²) in [4.78, 5) is 0.465. The molecule has 2 aromatic carbocycles. The third-order valence-corrected chi connectivity index (χ3v) is 7.46. The van der Waals surface area contributed by atoms with E-state index < -0.39 is 10.0 Å². The van der Waals surface area contributed by atoms with Gasteiger partial charge in [-0.15, -0.1) is 0 Å². The lowest BCUT2D eigenvalue weighted by molar-refractivity contribution is 0.396. The molecule has 0 aromatic heterocycles. The first kappa shape index (κ1) is 16.8. The highest BCUT2D eigenvalue weighted by Gasteiger charge is 2.36. The van der Waals surface area contributed by atoms with Crippen LogP contribution in [0.1, 0.15) is 54.0 Å². The summed E-state index contributed by atoms with van der Waals surface area (Å²) in [7, 11) is -3.45. The first-order valence-corrected chi connectivity index (χ1v) is 10.7. The Balaban J connectivity index is 1.69. The van der Waals surface area contributed by atoms with Crippen molar-refractivity contribution in [3.05, 3.63) is 64.7 Å². The second-order valence-corrected chi connectivity index (χ2v) is 9.22. The van der Waals surface area contributed by atoms with E-state index >= 15 is 0 Å². The molecule has 132 valence electrons. The maximum Gasteiger partial charge on any atom is 0.243 e. The molecular formula is C21H25NO2S. The molecule has 0 amide bonds. The molecule has 0 saturated carbocycles. The maximum absolute atomic E-state index is 13.3. The summed E-state index contributed by atoms with van der Waals surface area (Å²) in [5, 5.41) is 0. The number of aryl methyl sites for hydroxylation is 3. The molecule has 1 aliphatic heterocycles. The summed E-state index contributed by atoms with van der Waals surface area (Å²) >= 11 is 0. The second kappa shape index (κ2) is 6.58. The SMILES string of the molecule is Cc1cccc([C@H]2CCCN2S(=O)(=O)c2ccc3c(c2)CCCC3)c1. The summed E-state index contributed by atoms with van der Waals surface area (Å²) in [6.07, 6.45) is 6.26. The summed E-state index contributed by atoms with van der Waals surface area (Å²) in [5.41, 5.74) is 4.83. The van der Waals surface area contributed by atoms with E-state index in [0.29, 0.717) is 11.4 Å². The van der Waals surface area contributed by atoms with Crippen molar-refractivity contribution in [1.82, 2.24) is 4.31 Å². The molecule has 1 heterocycles. The number of fused-ring (bicyclic) bond motifs is 1. The average molecular weight is 356 g/mol. The van der Waals surface area contributed by atoms with Crippen molar-refractivity contribution >= 4 is 10.0 Å². The third kappa shape index (κ3) is 3.13. The minimum atomic E-state index is -3.45. The lowest BCUT2D eigenvalue weighted by Crippen LogP contribution is -2.31. The van der Waals surface area contributed by atoms with Gasteiger partial charge in [-0.05, 0) is 74.3 Å². The maximum atomic E-state index is 13.3. The van der Waals surface area contributed by atoms with Gasteiger partial charge in [-0.1, -0.05) is 35.9 Å². The molecule has 4 heteroatoms. The van der Waals surface area contributed by atoms with Crippen molar-refractivity contribution in [3.63, 3.8) is 0 Å². The standard InChI is InChI=1S/C21H25NO2S/c1-16-6-4-9-19(14-16)21-10-5-13-22(21)25(23,24)20-12-11-17-7-2-3-8-18(17)15-20/h4,6,9,11-12,14-15,21H,2-3,5,7-8,10,13H2,1H3/t21-/m1/s1. The highest BCUT2D eigenvalue weighted by atomic mass is 32.2. The molecule has 1 fully saturated rings. The summed E-state index contributed by atoms with van der Waals surface area (Å²) < 4.78 is 28.3. The van der Waals surface area contributed by atoms with Crippen molar-refractivity contribution < 1.29 is 8.42 Å². The molecule has 25 heavy (non-hydrogen) atoms. The van der Waals surface area contributed by atoms with Crippen LogP contribution in [0, 0.1) is 6.92 Å². The molecule has 0 bridgehead atoms. The number of sulfonamides is 1. The number of hydrogen-bond donors (Lipinski definition) is 0. The van der Waals surface area contributed by atoms with Crippen molar-refractivity contribution in [2.75, 3.05) is 6.54 Å². The van der Waals surface area contributed by atoms with Gasteiger partial charge in [0.05, 0.1) is 10.9 Å². The lowest BCUT2D eigenvalue weighted by Gasteiger charge is -2.25. The zero-order chi connectivity index (χ0) is 17.4. The fourth-order valence-electron chi connectivity index (χ4n) is 4.24. The third-order valence-electron chi connectivity index (χ3n) is 5.56. The molecule has 2 aromatic rings. The van der Waals surface area contributed by atoms with Crippen molar-refractivity contribution in [1.29, 1.82) is 0 Å². The van der Waals surface area contributed by atoms with Gasteiger partial charge in [-0.25, -0.2) is 8.42 Å². The summed E-state index contributed by atoms with van der Waals surface area (Å²) in [5.74, 6) is 0. The Hall–Kier alpha value is -1.65. The average Bonchev–Trinajstić information content (AvgIpc) is 3.12. The Morgan fingerprint density at radius 1 is 0.960 bits per heavy atom. The van der Waals surface area contributed by atoms with E-state index in [0.717, 1.165) is 37.7 Å². The van der Waals surface area contributed by atoms with Gasteiger partial charge >= 0.3 is 0 Å². The van der Waals surface area contributed by atoms with E-state index in [1.807, 2.05) is 24.3 Å². The van der Waals surface area contributed by atoms with E-state index in [1.165, 1.54) is 23.1 Å². The molecule has 4 rings (SSSR count). The van der Waals surface area contributed by atoms with E-state index in [9.17, 15) is 8.42 Å². The van der Waals surface area contributed by atoms with Crippen LogP contribution in [0.15, 0.2) is 47.4 Å². The van der Waals surface area contributed by atoms with E-state index in [4.69, 9.17) is 0 Å². The number of nitrogens with zero attached hydrogens (tertiary/aromatic N) is 1. The van der Waals surface area contributed by atoms with Crippen LogP contribution in [0.4, 0.5) is 0 Å². The van der Waals surface area contributed by atoms with E-state index in [-0.39, 0.29) is 6.04 Å². The molecule has 1 saturated heterocycles. The summed E-state index contributed by atoms with van der Waals surface area (Å²) in [6.45, 7) is 2.67. The van der Waals surface area contributed by atoms with Crippen LogP contribution in [0.25, 0.3) is 0 Å². The van der Waals surface area contributed by atoms with Crippen molar-refractivity contribution in [2.24, 2.45) is 0 Å². The topological polar surface area (TPSA) is 37.4 Å². The second-order valence-electron chi connectivity index (χ2n) is 7.33. The molecule has 0 unspecified atom stereocenters. The predicted molar refractivity (Wildman–Crippen MR) is 100 cm³/mol. The van der Waals surface area contributed by atoms with Crippen molar-refractivity contribution in [3.8, 4) is 0 Å². The Kier molecular flexibility index (Phi) is 4.42. The predicted octanol–water partition coefficient (Wildman–Crippen LogP) is 4.40. The van der Waals surface area contributed by atoms with Gasteiger partial charge in [-0.2, -0.15) is 4.31 Å². The molecule has 1 atom stereocenters. The number of hydrogen-bond acceptors (Lipinski definition) is 2.